The Balaban J connectivity index is 0.000000180. The van der Waals surface area contributed by atoms with Gasteiger partial charge in [-0.05, 0) is 77.8 Å². The topological polar surface area (TPSA) is 163 Å². The highest BCUT2D eigenvalue weighted by Crippen LogP contribution is 2.20. The number of benzene rings is 1. The van der Waals surface area contributed by atoms with Gasteiger partial charge in [0.2, 0.25) is 0 Å². The molecule has 6 aliphatic heterocycles. The van der Waals surface area contributed by atoms with E-state index in [-0.39, 0.29) is 0 Å². The Morgan fingerprint density at radius 1 is 0.500 bits per heavy atom. The lowest BCUT2D eigenvalue weighted by molar-refractivity contribution is 0.247. The predicted molar refractivity (Wildman–Crippen MR) is 240 cm³/mol. The first-order valence-corrected chi connectivity index (χ1v) is 21.8. The van der Waals surface area contributed by atoms with Crippen LogP contribution in [0.2, 0.25) is 0 Å². The Morgan fingerprint density at radius 2 is 0.857 bits per heavy atom. The van der Waals surface area contributed by atoms with Crippen molar-refractivity contribution in [2.45, 2.75) is 58.0 Å². The number of fused-ring (bicyclic) bond motifs is 3. The summed E-state index contributed by atoms with van der Waals surface area (Å²) in [6, 6.07) is 13.3. The first kappa shape index (κ1) is 47.7. The average molecular weight is 778 g/mol. The lowest BCUT2D eigenvalue weighted by Gasteiger charge is -2.26. The number of nitrogens with zero attached hydrogens (tertiary/aromatic N) is 3. The molecule has 0 saturated carbocycles. The molecule has 5 saturated heterocycles. The summed E-state index contributed by atoms with van der Waals surface area (Å²) in [5, 5.41) is 31.7. The molecule has 0 radical (unpaired) electrons. The smallest absolute Gasteiger partial charge is 0.0964 e. The van der Waals surface area contributed by atoms with Crippen LogP contribution in [-0.4, -0.2) is 158 Å². The third-order valence-corrected chi connectivity index (χ3v) is 9.77. The minimum absolute atomic E-state index is 0.593. The fourth-order valence-corrected chi connectivity index (χ4v) is 6.59. The Kier molecular flexibility index (Phi) is 28.4. The molecular formula is C43H79N13. The van der Waals surface area contributed by atoms with E-state index in [2.05, 4.69) is 113 Å². The van der Waals surface area contributed by atoms with Gasteiger partial charge in [-0.2, -0.15) is 0 Å². The van der Waals surface area contributed by atoms with Crippen molar-refractivity contribution in [3.63, 3.8) is 0 Å². The molecule has 0 spiro atoms. The van der Waals surface area contributed by atoms with Gasteiger partial charge in [0.15, 0.2) is 0 Å². The number of nitrogens with one attached hydrogen (secondary N) is 9. The SMILES string of the molecule is C1CCNC1.C1CCNCC1.C1CNCCN1.C1CNCCNCCN1.CC1C=CC(C)N1.NCCN1CCNCC1.c1cnc2c(c1)ccc1cccnc12. The Bertz CT molecular complexity index is 1220. The predicted octanol–water partition coefficient (Wildman–Crippen LogP) is 1.63. The third-order valence-electron chi connectivity index (χ3n) is 9.77. The lowest BCUT2D eigenvalue weighted by atomic mass is 10.1. The standard InChI is InChI=1S/C12H8N2.2C6H15N3.C6H11N.C5H11N.C4H10N2.C4H9N/c1-3-9-5-6-10-4-2-8-14-12(10)11(9)13-7-1;7-1-4-9-5-2-8-3-6-9;1-2-8-5-6-9-4-3-7-1;1-5-3-4-6(2)7-5;1-2-4-6-5-3-1;1-2-6-4-3-5-1;1-2-4-5-3-1/h1-8H;8H,1-7H2;7-9H,1-6H2;3-7H,1-2H3;6H,1-5H2;5-6H,1-4H2;5H,1-4H2. The van der Waals surface area contributed by atoms with E-state index >= 15 is 0 Å². The van der Waals surface area contributed by atoms with Crippen LogP contribution >= 0.6 is 0 Å². The molecular weight excluding hydrogens is 699 g/mol. The number of piperazine rings is 2. The second-order valence-electron chi connectivity index (χ2n) is 14.7. The molecule has 316 valence electrons. The van der Waals surface area contributed by atoms with E-state index in [4.69, 9.17) is 5.73 Å². The van der Waals surface area contributed by atoms with Crippen LogP contribution in [0.4, 0.5) is 0 Å². The lowest BCUT2D eigenvalue weighted by Crippen LogP contribution is -2.45. The maximum atomic E-state index is 5.40. The largest absolute Gasteiger partial charge is 0.329 e. The van der Waals surface area contributed by atoms with Crippen LogP contribution < -0.4 is 53.6 Å². The third kappa shape index (κ3) is 23.5. The Labute approximate surface area is 339 Å². The van der Waals surface area contributed by atoms with E-state index in [1.165, 1.54) is 58.3 Å². The molecule has 2 unspecified atom stereocenters. The summed E-state index contributed by atoms with van der Waals surface area (Å²) in [6.45, 7) is 26.9. The van der Waals surface area contributed by atoms with Crippen molar-refractivity contribution >= 4 is 21.8 Å². The van der Waals surface area contributed by atoms with Crippen LogP contribution in [0.3, 0.4) is 0 Å². The van der Waals surface area contributed by atoms with E-state index in [1.54, 1.807) is 12.4 Å². The zero-order valence-electron chi connectivity index (χ0n) is 35.0. The van der Waals surface area contributed by atoms with Gasteiger partial charge in [0, 0.05) is 140 Å². The van der Waals surface area contributed by atoms with Crippen LogP contribution in [0.1, 0.15) is 46.0 Å². The van der Waals surface area contributed by atoms with Crippen LogP contribution in [0.25, 0.3) is 21.8 Å². The van der Waals surface area contributed by atoms with Gasteiger partial charge in [0.1, 0.15) is 0 Å². The van der Waals surface area contributed by atoms with Crippen molar-refractivity contribution < 1.29 is 0 Å². The fourth-order valence-electron chi connectivity index (χ4n) is 6.59. The van der Waals surface area contributed by atoms with E-state index < -0.39 is 0 Å². The number of hydrogen-bond donors (Lipinski definition) is 10. The highest BCUT2D eigenvalue weighted by atomic mass is 15.2. The average Bonchev–Trinajstić information content (AvgIpc) is 4.01. The van der Waals surface area contributed by atoms with Gasteiger partial charge < -0.3 is 53.6 Å². The second-order valence-corrected chi connectivity index (χ2v) is 14.7. The summed E-state index contributed by atoms with van der Waals surface area (Å²) in [5.74, 6) is 0. The van der Waals surface area contributed by atoms with Crippen molar-refractivity contribution in [3.8, 4) is 0 Å². The van der Waals surface area contributed by atoms with Gasteiger partial charge in [-0.15, -0.1) is 0 Å². The molecule has 11 N–H and O–H groups in total. The molecule has 56 heavy (non-hydrogen) atoms. The first-order chi connectivity index (χ1) is 27.7. The van der Waals surface area contributed by atoms with E-state index in [0.717, 1.165) is 127 Å². The zero-order valence-corrected chi connectivity index (χ0v) is 35.0. The molecule has 2 atom stereocenters. The highest BCUT2D eigenvalue weighted by molar-refractivity contribution is 6.02. The molecule has 0 bridgehead atoms. The number of aromatic nitrogens is 2. The number of nitrogens with two attached hydrogens (primary N) is 1. The Hall–Kier alpha value is -2.66. The second kappa shape index (κ2) is 33.3. The summed E-state index contributed by atoms with van der Waals surface area (Å²) < 4.78 is 0. The fraction of sp³-hybridized carbons (Fsp3) is 0.674. The van der Waals surface area contributed by atoms with Crippen LogP contribution in [-0.2, 0) is 0 Å². The maximum absolute atomic E-state index is 5.40. The molecule has 9 rings (SSSR count). The Morgan fingerprint density at radius 3 is 1.16 bits per heavy atom. The summed E-state index contributed by atoms with van der Waals surface area (Å²) in [4.78, 5) is 11.1. The van der Waals surface area contributed by atoms with Gasteiger partial charge in [0.05, 0.1) is 11.0 Å². The molecule has 3 aromatic rings. The minimum atomic E-state index is 0.593. The van der Waals surface area contributed by atoms with E-state index in [9.17, 15) is 0 Å². The zero-order chi connectivity index (χ0) is 39.6. The maximum Gasteiger partial charge on any atom is 0.0964 e. The monoisotopic (exact) mass is 778 g/mol. The summed E-state index contributed by atoms with van der Waals surface area (Å²) in [5.41, 5.74) is 7.35. The van der Waals surface area contributed by atoms with Crippen LogP contribution in [0.5, 0.6) is 0 Å². The van der Waals surface area contributed by atoms with Gasteiger partial charge in [0.25, 0.3) is 0 Å². The van der Waals surface area contributed by atoms with Crippen LogP contribution in [0.15, 0.2) is 60.9 Å². The quantitative estimate of drug-likeness (QED) is 0.135. The number of rotatable bonds is 2. The summed E-state index contributed by atoms with van der Waals surface area (Å²) >= 11 is 0. The number of hydrogen-bond acceptors (Lipinski definition) is 13. The van der Waals surface area contributed by atoms with Gasteiger partial charge >= 0.3 is 0 Å². The van der Waals surface area contributed by atoms with E-state index in [0.29, 0.717) is 12.1 Å². The van der Waals surface area contributed by atoms with E-state index in [1.807, 2.05) is 12.1 Å². The summed E-state index contributed by atoms with van der Waals surface area (Å²) in [6.07, 6.45) is 15.0. The van der Waals surface area contributed by atoms with Crippen LogP contribution in [0, 0.1) is 0 Å². The normalized spacial score (nSPS) is 22.4. The van der Waals surface area contributed by atoms with Gasteiger partial charge in [-0.25, -0.2) is 0 Å². The number of piperidine rings is 1. The highest BCUT2D eigenvalue weighted by Gasteiger charge is 2.07. The molecule has 0 aliphatic carbocycles. The van der Waals surface area contributed by atoms with Crippen molar-refractivity contribution in [1.29, 1.82) is 0 Å². The molecule has 5 fully saturated rings. The van der Waals surface area contributed by atoms with Gasteiger partial charge in [-0.3, -0.25) is 14.9 Å². The van der Waals surface area contributed by atoms with Crippen molar-refractivity contribution in [1.82, 2.24) is 62.7 Å². The minimum Gasteiger partial charge on any atom is -0.329 e. The molecule has 2 aromatic heterocycles. The van der Waals surface area contributed by atoms with Crippen molar-refractivity contribution in [2.24, 2.45) is 5.73 Å². The molecule has 6 aliphatic rings. The van der Waals surface area contributed by atoms with Crippen molar-refractivity contribution in [3.05, 3.63) is 60.9 Å². The van der Waals surface area contributed by atoms with Gasteiger partial charge in [-0.1, -0.05) is 42.8 Å². The first-order valence-electron chi connectivity index (χ1n) is 21.8. The number of pyridine rings is 2. The molecule has 1 aromatic carbocycles. The summed E-state index contributed by atoms with van der Waals surface area (Å²) in [7, 11) is 0. The molecule has 13 nitrogen and oxygen atoms in total. The molecule has 0 amide bonds. The van der Waals surface area contributed by atoms with Crippen molar-refractivity contribution in [2.75, 3.05) is 131 Å². The molecule has 8 heterocycles. The molecule has 13 heteroatoms.